The molecule has 0 aliphatic carbocycles. The normalized spacial score (nSPS) is 10.9. The Morgan fingerprint density at radius 2 is 1.50 bits per heavy atom. The fourth-order valence-corrected chi connectivity index (χ4v) is 2.55. The van der Waals surface area contributed by atoms with Crippen LogP contribution in [0.5, 0.6) is 5.75 Å². The molecule has 30 heavy (non-hydrogen) atoms. The molecule has 1 heterocycles. The highest BCUT2D eigenvalue weighted by Gasteiger charge is 2.32. The number of alkyl halides is 3. The number of anilines is 2. The molecule has 3 rings (SSSR count). The first-order chi connectivity index (χ1) is 14.3. The summed E-state index contributed by atoms with van der Waals surface area (Å²) in [5.74, 6) is -0.480. The molecule has 0 saturated carbocycles. The molecule has 0 unspecified atom stereocenters. The van der Waals surface area contributed by atoms with Crippen LogP contribution in [0.4, 0.5) is 24.5 Å². The van der Waals surface area contributed by atoms with Crippen molar-refractivity contribution in [2.24, 2.45) is 0 Å². The van der Waals surface area contributed by atoms with E-state index in [1.54, 1.807) is 24.3 Å². The predicted molar refractivity (Wildman–Crippen MR) is 105 cm³/mol. The number of methoxy groups -OCH3 is 1. The second-order valence-electron chi connectivity index (χ2n) is 6.12. The van der Waals surface area contributed by atoms with Crippen molar-refractivity contribution in [2.45, 2.75) is 6.18 Å². The van der Waals surface area contributed by atoms with Crippen molar-refractivity contribution in [1.82, 2.24) is 4.98 Å². The molecule has 9 heteroatoms. The van der Waals surface area contributed by atoms with E-state index in [0.717, 1.165) is 18.3 Å². The van der Waals surface area contributed by atoms with Gasteiger partial charge in [0, 0.05) is 17.4 Å². The molecule has 1 aromatic heterocycles. The van der Waals surface area contributed by atoms with Crippen LogP contribution in [0, 0.1) is 0 Å². The van der Waals surface area contributed by atoms with E-state index in [1.807, 2.05) is 0 Å². The Hall–Kier alpha value is -3.88. The van der Waals surface area contributed by atoms with Crippen molar-refractivity contribution < 1.29 is 27.5 Å². The highest BCUT2D eigenvalue weighted by molar-refractivity contribution is 6.06. The Kier molecular flexibility index (Phi) is 6.01. The molecule has 2 aromatic carbocycles. The summed E-state index contributed by atoms with van der Waals surface area (Å²) in [6.07, 6.45) is -3.72. The average molecular weight is 415 g/mol. The van der Waals surface area contributed by atoms with Crippen LogP contribution in [-0.2, 0) is 6.18 Å². The molecule has 0 spiro atoms. The van der Waals surface area contributed by atoms with E-state index >= 15 is 0 Å². The number of nitrogens with one attached hydrogen (secondary N) is 2. The second kappa shape index (κ2) is 8.64. The maximum Gasteiger partial charge on any atom is 0.433 e. The number of para-hydroxylation sites is 2. The van der Waals surface area contributed by atoms with Crippen LogP contribution in [0.15, 0.2) is 66.9 Å². The third-order valence-corrected chi connectivity index (χ3v) is 4.08. The average Bonchev–Trinajstić information content (AvgIpc) is 2.74. The Morgan fingerprint density at radius 1 is 0.867 bits per heavy atom. The van der Waals surface area contributed by atoms with Gasteiger partial charge in [0.15, 0.2) is 0 Å². The van der Waals surface area contributed by atoms with Gasteiger partial charge in [0.25, 0.3) is 11.8 Å². The number of halogens is 3. The van der Waals surface area contributed by atoms with Crippen LogP contribution in [-0.4, -0.2) is 23.9 Å². The summed E-state index contributed by atoms with van der Waals surface area (Å²) in [6.45, 7) is 0. The van der Waals surface area contributed by atoms with Crippen LogP contribution in [0.3, 0.4) is 0 Å². The summed E-state index contributed by atoms with van der Waals surface area (Å²) in [4.78, 5) is 27.8. The number of hydrogen-bond acceptors (Lipinski definition) is 4. The molecule has 3 aromatic rings. The number of carbonyl (C=O) groups is 2. The Balaban J connectivity index is 1.65. The molecule has 0 radical (unpaired) electrons. The SMILES string of the molecule is COc1ccccc1NC(=O)c1ccc(NC(=O)c2ccc(C(F)(F)F)nc2)cc1. The lowest BCUT2D eigenvalue weighted by Gasteiger charge is -2.10. The molecule has 0 fully saturated rings. The highest BCUT2D eigenvalue weighted by atomic mass is 19.4. The lowest BCUT2D eigenvalue weighted by molar-refractivity contribution is -0.141. The summed E-state index contributed by atoms with van der Waals surface area (Å²) in [5, 5.41) is 5.27. The van der Waals surface area contributed by atoms with Gasteiger partial charge in [-0.1, -0.05) is 12.1 Å². The monoisotopic (exact) mass is 415 g/mol. The van der Waals surface area contributed by atoms with E-state index < -0.39 is 17.8 Å². The Morgan fingerprint density at radius 3 is 2.10 bits per heavy atom. The number of hydrogen-bond donors (Lipinski definition) is 2. The zero-order valence-electron chi connectivity index (χ0n) is 15.7. The molecule has 2 amide bonds. The maximum atomic E-state index is 12.5. The number of nitrogens with zero attached hydrogens (tertiary/aromatic N) is 1. The Bertz CT molecular complexity index is 1050. The molecule has 0 saturated heterocycles. The minimum absolute atomic E-state index is 0.0269. The standard InChI is InChI=1S/C21H16F3N3O3/c1-30-17-5-3-2-4-16(17)27-19(28)13-6-9-15(10-7-13)26-20(29)14-8-11-18(25-12-14)21(22,23)24/h2-12H,1H3,(H,26,29)(H,27,28). The van der Waals surface area contributed by atoms with E-state index in [-0.39, 0.29) is 11.5 Å². The van der Waals surface area contributed by atoms with Gasteiger partial charge in [0.2, 0.25) is 0 Å². The molecule has 0 aliphatic rings. The molecule has 0 bridgehead atoms. The number of benzene rings is 2. The zero-order valence-corrected chi connectivity index (χ0v) is 15.7. The van der Waals surface area contributed by atoms with Gasteiger partial charge in [-0.25, -0.2) is 0 Å². The third-order valence-electron chi connectivity index (χ3n) is 4.08. The number of pyridine rings is 1. The molecule has 0 aliphatic heterocycles. The minimum atomic E-state index is -4.57. The first-order valence-corrected chi connectivity index (χ1v) is 8.67. The summed E-state index contributed by atoms with van der Waals surface area (Å²) < 4.78 is 42.8. The van der Waals surface area contributed by atoms with Gasteiger partial charge in [-0.05, 0) is 48.5 Å². The predicted octanol–water partition coefficient (Wildman–Crippen LogP) is 4.61. The summed E-state index contributed by atoms with van der Waals surface area (Å²) in [5.41, 5.74) is 0.117. The van der Waals surface area contributed by atoms with Crippen molar-refractivity contribution >= 4 is 23.2 Å². The quantitative estimate of drug-likeness (QED) is 0.638. The number of ether oxygens (including phenoxy) is 1. The first-order valence-electron chi connectivity index (χ1n) is 8.67. The molecule has 6 nitrogen and oxygen atoms in total. The first kappa shape index (κ1) is 20.8. The van der Waals surface area contributed by atoms with Crippen molar-refractivity contribution in [2.75, 3.05) is 17.7 Å². The van der Waals surface area contributed by atoms with Crippen LogP contribution in [0.2, 0.25) is 0 Å². The van der Waals surface area contributed by atoms with Gasteiger partial charge >= 0.3 is 6.18 Å². The van der Waals surface area contributed by atoms with Crippen molar-refractivity contribution in [3.05, 3.63) is 83.7 Å². The molecular weight excluding hydrogens is 399 g/mol. The van der Waals surface area contributed by atoms with E-state index in [1.165, 1.54) is 31.4 Å². The van der Waals surface area contributed by atoms with Gasteiger partial charge < -0.3 is 15.4 Å². The number of carbonyl (C=O) groups excluding carboxylic acids is 2. The lowest BCUT2D eigenvalue weighted by atomic mass is 10.1. The number of amides is 2. The zero-order chi connectivity index (χ0) is 21.7. The van der Waals surface area contributed by atoms with Gasteiger partial charge in [0.05, 0.1) is 18.4 Å². The lowest BCUT2D eigenvalue weighted by Crippen LogP contribution is -2.15. The van der Waals surface area contributed by atoms with Crippen LogP contribution in [0.25, 0.3) is 0 Å². The number of aromatic nitrogens is 1. The fourth-order valence-electron chi connectivity index (χ4n) is 2.55. The summed E-state index contributed by atoms with van der Waals surface area (Å²) in [6, 6.07) is 14.7. The van der Waals surface area contributed by atoms with Crippen LogP contribution < -0.4 is 15.4 Å². The van der Waals surface area contributed by atoms with Gasteiger partial charge in [-0.15, -0.1) is 0 Å². The van der Waals surface area contributed by atoms with E-state index in [2.05, 4.69) is 15.6 Å². The van der Waals surface area contributed by atoms with Crippen LogP contribution >= 0.6 is 0 Å². The topological polar surface area (TPSA) is 80.3 Å². The highest BCUT2D eigenvalue weighted by Crippen LogP contribution is 2.27. The van der Waals surface area contributed by atoms with Gasteiger partial charge in [-0.2, -0.15) is 13.2 Å². The summed E-state index contributed by atoms with van der Waals surface area (Å²) >= 11 is 0. The fraction of sp³-hybridized carbons (Fsp3) is 0.0952. The second-order valence-corrected chi connectivity index (χ2v) is 6.12. The molecule has 2 N–H and O–H groups in total. The smallest absolute Gasteiger partial charge is 0.433 e. The third kappa shape index (κ3) is 4.93. The Labute approximate surface area is 169 Å². The van der Waals surface area contributed by atoms with E-state index in [0.29, 0.717) is 22.7 Å². The largest absolute Gasteiger partial charge is 0.495 e. The van der Waals surface area contributed by atoms with Crippen molar-refractivity contribution in [3.8, 4) is 5.75 Å². The van der Waals surface area contributed by atoms with Crippen molar-refractivity contribution in [1.29, 1.82) is 0 Å². The molecule has 0 atom stereocenters. The molecular formula is C21H16F3N3O3. The maximum absolute atomic E-state index is 12.5. The molecule has 154 valence electrons. The van der Waals surface area contributed by atoms with Crippen molar-refractivity contribution in [3.63, 3.8) is 0 Å². The van der Waals surface area contributed by atoms with E-state index in [4.69, 9.17) is 4.74 Å². The van der Waals surface area contributed by atoms with Gasteiger partial charge in [-0.3, -0.25) is 14.6 Å². The number of rotatable bonds is 5. The van der Waals surface area contributed by atoms with Gasteiger partial charge in [0.1, 0.15) is 11.4 Å². The van der Waals surface area contributed by atoms with E-state index in [9.17, 15) is 22.8 Å². The van der Waals surface area contributed by atoms with Crippen LogP contribution in [0.1, 0.15) is 26.4 Å². The summed E-state index contributed by atoms with van der Waals surface area (Å²) in [7, 11) is 1.49. The minimum Gasteiger partial charge on any atom is -0.495 e.